The van der Waals surface area contributed by atoms with Crippen molar-refractivity contribution in [1.82, 2.24) is 14.3 Å². The van der Waals surface area contributed by atoms with Crippen molar-refractivity contribution in [3.8, 4) is 5.69 Å². The van der Waals surface area contributed by atoms with E-state index in [0.29, 0.717) is 5.69 Å². The summed E-state index contributed by atoms with van der Waals surface area (Å²) in [6, 6.07) is 17.5. The summed E-state index contributed by atoms with van der Waals surface area (Å²) in [6.45, 7) is 1.40. The smallest absolute Gasteiger partial charge is 0.320 e. The minimum absolute atomic E-state index is 0.0928. The van der Waals surface area contributed by atoms with Crippen LogP contribution in [0, 0.1) is 18.6 Å². The summed E-state index contributed by atoms with van der Waals surface area (Å²) in [5, 5.41) is 6.41. The number of hydrogen-bond donors (Lipinski definition) is 1. The van der Waals surface area contributed by atoms with Gasteiger partial charge in [-0.1, -0.05) is 36.4 Å². The summed E-state index contributed by atoms with van der Waals surface area (Å²) in [7, 11) is 0. The van der Waals surface area contributed by atoms with Gasteiger partial charge in [-0.05, 0) is 48.9 Å². The molecular formula is C24H18F2N4O3. The zero-order valence-corrected chi connectivity index (χ0v) is 17.5. The molecule has 9 heteroatoms. The van der Waals surface area contributed by atoms with Crippen LogP contribution < -0.4 is 16.6 Å². The van der Waals surface area contributed by atoms with Crippen LogP contribution in [0.5, 0.6) is 0 Å². The molecule has 33 heavy (non-hydrogen) atoms. The standard InChI is InChI=1S/C24H18F2N4O3/c1-15-6-4-10-19(12-15)30-24(33)29(14-16-7-2-3-11-20(16)26)23(32)21(28-30)22(31)27-18-9-5-8-17(25)13-18/h2-13H,14H2,1H3,(H,27,31). The first-order valence-electron chi connectivity index (χ1n) is 9.95. The monoisotopic (exact) mass is 448 g/mol. The van der Waals surface area contributed by atoms with Crippen LogP contribution in [-0.4, -0.2) is 20.3 Å². The van der Waals surface area contributed by atoms with Gasteiger partial charge in [0.05, 0.1) is 12.2 Å². The number of carbonyl (C=O) groups is 1. The lowest BCUT2D eigenvalue weighted by atomic mass is 10.2. The van der Waals surface area contributed by atoms with Crippen LogP contribution >= 0.6 is 0 Å². The van der Waals surface area contributed by atoms with Gasteiger partial charge in [-0.15, -0.1) is 0 Å². The normalized spacial score (nSPS) is 10.8. The van der Waals surface area contributed by atoms with Crippen molar-refractivity contribution < 1.29 is 13.6 Å². The fourth-order valence-electron chi connectivity index (χ4n) is 3.28. The van der Waals surface area contributed by atoms with Crippen LogP contribution in [0.1, 0.15) is 21.6 Å². The topological polar surface area (TPSA) is 86.0 Å². The molecule has 166 valence electrons. The Morgan fingerprint density at radius 3 is 2.45 bits per heavy atom. The molecule has 0 fully saturated rings. The van der Waals surface area contributed by atoms with Crippen molar-refractivity contribution in [2.75, 3.05) is 5.32 Å². The number of nitrogens with zero attached hydrogens (tertiary/aromatic N) is 3. The van der Waals surface area contributed by atoms with Crippen molar-refractivity contribution in [3.05, 3.63) is 122 Å². The van der Waals surface area contributed by atoms with E-state index in [0.717, 1.165) is 20.9 Å². The van der Waals surface area contributed by atoms with Crippen molar-refractivity contribution >= 4 is 11.6 Å². The van der Waals surface area contributed by atoms with Crippen molar-refractivity contribution in [2.24, 2.45) is 0 Å². The molecule has 0 atom stereocenters. The molecule has 0 saturated heterocycles. The second-order valence-corrected chi connectivity index (χ2v) is 7.33. The van der Waals surface area contributed by atoms with Crippen LogP contribution in [0.15, 0.2) is 82.4 Å². The van der Waals surface area contributed by atoms with Gasteiger partial charge < -0.3 is 5.32 Å². The number of aromatic nitrogens is 3. The molecule has 0 bridgehead atoms. The van der Waals surface area contributed by atoms with E-state index in [1.54, 1.807) is 24.3 Å². The van der Waals surface area contributed by atoms with Gasteiger partial charge in [-0.25, -0.2) is 13.6 Å². The first-order valence-corrected chi connectivity index (χ1v) is 9.95. The van der Waals surface area contributed by atoms with Gasteiger partial charge in [0.25, 0.3) is 11.5 Å². The van der Waals surface area contributed by atoms with E-state index in [1.807, 2.05) is 13.0 Å². The predicted octanol–water partition coefficient (Wildman–Crippen LogP) is 3.28. The lowest BCUT2D eigenvalue weighted by Gasteiger charge is -2.13. The molecule has 0 aliphatic rings. The van der Waals surface area contributed by atoms with Gasteiger partial charge in [-0.2, -0.15) is 9.78 Å². The van der Waals surface area contributed by atoms with E-state index in [-0.39, 0.29) is 11.3 Å². The molecule has 1 N–H and O–H groups in total. The number of hydrogen-bond acceptors (Lipinski definition) is 4. The Labute approximate surface area is 186 Å². The molecule has 1 aromatic heterocycles. The van der Waals surface area contributed by atoms with Gasteiger partial charge in [0.1, 0.15) is 11.6 Å². The first kappa shape index (κ1) is 21.8. The number of benzene rings is 3. The number of aryl methyl sites for hydroxylation is 1. The average Bonchev–Trinajstić information content (AvgIpc) is 2.78. The van der Waals surface area contributed by atoms with E-state index in [2.05, 4.69) is 10.4 Å². The zero-order valence-electron chi connectivity index (χ0n) is 17.5. The Kier molecular flexibility index (Phi) is 5.95. The predicted molar refractivity (Wildman–Crippen MR) is 119 cm³/mol. The SMILES string of the molecule is Cc1cccc(-n2nc(C(=O)Nc3cccc(F)c3)c(=O)n(Cc3ccccc3F)c2=O)c1. The van der Waals surface area contributed by atoms with Gasteiger partial charge in [0.15, 0.2) is 0 Å². The molecule has 0 aliphatic carbocycles. The number of amides is 1. The molecule has 7 nitrogen and oxygen atoms in total. The fraction of sp³-hybridized carbons (Fsp3) is 0.0833. The minimum Gasteiger partial charge on any atom is -0.320 e. The highest BCUT2D eigenvalue weighted by Gasteiger charge is 2.21. The summed E-state index contributed by atoms with van der Waals surface area (Å²) < 4.78 is 29.4. The van der Waals surface area contributed by atoms with Crippen LogP contribution in [0.3, 0.4) is 0 Å². The highest BCUT2D eigenvalue weighted by molar-refractivity contribution is 6.02. The van der Waals surface area contributed by atoms with Gasteiger partial charge >= 0.3 is 5.69 Å². The summed E-state index contributed by atoms with van der Waals surface area (Å²) in [4.78, 5) is 39.1. The number of halogens is 2. The van der Waals surface area contributed by atoms with Gasteiger partial charge in [0, 0.05) is 11.3 Å². The number of carbonyl (C=O) groups excluding carboxylic acids is 1. The van der Waals surface area contributed by atoms with Crippen LogP contribution in [0.2, 0.25) is 0 Å². The number of anilines is 1. The van der Waals surface area contributed by atoms with E-state index < -0.39 is 41.0 Å². The van der Waals surface area contributed by atoms with E-state index in [4.69, 9.17) is 0 Å². The molecule has 0 spiro atoms. The van der Waals surface area contributed by atoms with E-state index in [1.165, 1.54) is 36.4 Å². The second kappa shape index (κ2) is 8.99. The van der Waals surface area contributed by atoms with Crippen LogP contribution in [-0.2, 0) is 6.54 Å². The van der Waals surface area contributed by atoms with E-state index in [9.17, 15) is 23.2 Å². The molecule has 3 aromatic carbocycles. The Hall–Kier alpha value is -4.40. The molecule has 1 heterocycles. The molecule has 1 amide bonds. The van der Waals surface area contributed by atoms with Crippen molar-refractivity contribution in [2.45, 2.75) is 13.5 Å². The van der Waals surface area contributed by atoms with Crippen molar-refractivity contribution in [1.29, 1.82) is 0 Å². The molecule has 4 aromatic rings. The lowest BCUT2D eigenvalue weighted by molar-refractivity contribution is 0.101. The molecule has 4 rings (SSSR count). The number of rotatable bonds is 5. The lowest BCUT2D eigenvalue weighted by Crippen LogP contribution is -2.45. The average molecular weight is 448 g/mol. The minimum atomic E-state index is -0.999. The van der Waals surface area contributed by atoms with Crippen LogP contribution in [0.25, 0.3) is 5.69 Å². The maximum absolute atomic E-state index is 14.2. The highest BCUT2D eigenvalue weighted by Crippen LogP contribution is 2.11. The van der Waals surface area contributed by atoms with Gasteiger partial charge in [0.2, 0.25) is 5.69 Å². The summed E-state index contributed by atoms with van der Waals surface area (Å²) >= 11 is 0. The molecule has 0 aliphatic heterocycles. The molecule has 0 unspecified atom stereocenters. The summed E-state index contributed by atoms with van der Waals surface area (Å²) in [5.41, 5.74) is -1.10. The summed E-state index contributed by atoms with van der Waals surface area (Å²) in [6.07, 6.45) is 0. The largest absolute Gasteiger partial charge is 0.352 e. The molecule has 0 saturated carbocycles. The van der Waals surface area contributed by atoms with E-state index >= 15 is 0 Å². The Bertz CT molecular complexity index is 1480. The van der Waals surface area contributed by atoms with Crippen LogP contribution in [0.4, 0.5) is 14.5 Å². The Balaban J connectivity index is 1.87. The Morgan fingerprint density at radius 1 is 0.970 bits per heavy atom. The summed E-state index contributed by atoms with van der Waals surface area (Å²) in [5.74, 6) is -2.12. The zero-order chi connectivity index (χ0) is 23.5. The molecule has 0 radical (unpaired) electrons. The first-order chi connectivity index (χ1) is 15.8. The maximum Gasteiger partial charge on any atom is 0.352 e. The van der Waals surface area contributed by atoms with Gasteiger partial charge in [-0.3, -0.25) is 14.2 Å². The second-order valence-electron chi connectivity index (χ2n) is 7.33. The molecular weight excluding hydrogens is 430 g/mol. The Morgan fingerprint density at radius 2 is 1.73 bits per heavy atom. The highest BCUT2D eigenvalue weighted by atomic mass is 19.1. The fourth-order valence-corrected chi connectivity index (χ4v) is 3.28. The third kappa shape index (κ3) is 4.62. The quantitative estimate of drug-likeness (QED) is 0.508. The third-order valence-corrected chi connectivity index (χ3v) is 4.89. The van der Waals surface area contributed by atoms with Crippen molar-refractivity contribution in [3.63, 3.8) is 0 Å². The third-order valence-electron chi connectivity index (χ3n) is 4.89. The maximum atomic E-state index is 14.2. The number of nitrogens with one attached hydrogen (secondary N) is 1.